The van der Waals surface area contributed by atoms with E-state index in [0.717, 1.165) is 23.5 Å². The Balaban J connectivity index is 1.13. The maximum Gasteiger partial charge on any atom is 0.0714 e. The van der Waals surface area contributed by atoms with Gasteiger partial charge in [-0.15, -0.1) is 0 Å². The van der Waals surface area contributed by atoms with Crippen molar-refractivity contribution < 1.29 is 0 Å². The third-order valence-electron chi connectivity index (χ3n) is 12.7. The van der Waals surface area contributed by atoms with E-state index in [0.29, 0.717) is 0 Å². The fourth-order valence-corrected chi connectivity index (χ4v) is 10.1. The fourth-order valence-electron chi connectivity index (χ4n) is 10.1. The summed E-state index contributed by atoms with van der Waals surface area (Å²) in [6.07, 6.45) is 4.88. The molecule has 2 aliphatic carbocycles. The molecule has 0 aliphatic heterocycles. The van der Waals surface area contributed by atoms with Crippen LogP contribution in [0.3, 0.4) is 0 Å². The highest BCUT2D eigenvalue weighted by Gasteiger charge is 2.47. The predicted molar refractivity (Wildman–Crippen MR) is 243 cm³/mol. The van der Waals surface area contributed by atoms with Gasteiger partial charge in [0.25, 0.3) is 0 Å². The molecule has 9 aromatic rings. The van der Waals surface area contributed by atoms with Gasteiger partial charge in [-0.1, -0.05) is 176 Å². The minimum Gasteiger partial charge on any atom is -0.310 e. The molecule has 1 nitrogen and oxygen atoms in total. The summed E-state index contributed by atoms with van der Waals surface area (Å²) < 4.78 is 0. The summed E-state index contributed by atoms with van der Waals surface area (Å²) in [5.74, 6) is 0. The fraction of sp³-hybridized carbons (Fsp3) is 0.0877. The van der Waals surface area contributed by atoms with Gasteiger partial charge in [-0.3, -0.25) is 0 Å². The van der Waals surface area contributed by atoms with Crippen LogP contribution in [0.4, 0.5) is 17.1 Å². The zero-order valence-electron chi connectivity index (χ0n) is 32.5. The Morgan fingerprint density at radius 1 is 0.379 bits per heavy atom. The Morgan fingerprint density at radius 3 is 1.67 bits per heavy atom. The average Bonchev–Trinajstić information content (AvgIpc) is 3.61. The molecule has 276 valence electrons. The summed E-state index contributed by atoms with van der Waals surface area (Å²) in [7, 11) is 0. The Kier molecular flexibility index (Phi) is 8.40. The van der Waals surface area contributed by atoms with Crippen LogP contribution in [0.25, 0.3) is 44.2 Å². The van der Waals surface area contributed by atoms with Gasteiger partial charge in [0, 0.05) is 17.1 Å². The second-order valence-corrected chi connectivity index (χ2v) is 15.9. The van der Waals surface area contributed by atoms with Gasteiger partial charge in [0.05, 0.1) is 5.41 Å². The Bertz CT molecular complexity index is 2870. The predicted octanol–water partition coefficient (Wildman–Crippen LogP) is 14.9. The smallest absolute Gasteiger partial charge is 0.0714 e. The summed E-state index contributed by atoms with van der Waals surface area (Å²) >= 11 is 0. The number of aryl methyl sites for hydroxylation is 1. The first kappa shape index (κ1) is 34.3. The van der Waals surface area contributed by atoms with Gasteiger partial charge in [0.2, 0.25) is 0 Å². The van der Waals surface area contributed by atoms with E-state index in [1.807, 2.05) is 0 Å². The molecule has 0 N–H and O–H groups in total. The molecular formula is C57H43N. The van der Waals surface area contributed by atoms with Crippen molar-refractivity contribution in [2.45, 2.75) is 31.1 Å². The van der Waals surface area contributed by atoms with Crippen molar-refractivity contribution in [1.82, 2.24) is 0 Å². The molecule has 0 aromatic heterocycles. The molecule has 11 rings (SSSR count). The van der Waals surface area contributed by atoms with Gasteiger partial charge in [-0.2, -0.15) is 0 Å². The molecular weight excluding hydrogens is 699 g/mol. The molecule has 0 saturated carbocycles. The van der Waals surface area contributed by atoms with Crippen molar-refractivity contribution >= 4 is 27.8 Å². The van der Waals surface area contributed by atoms with E-state index in [2.05, 4.69) is 217 Å². The van der Waals surface area contributed by atoms with Crippen LogP contribution in [-0.4, -0.2) is 0 Å². The molecule has 0 spiro atoms. The van der Waals surface area contributed by atoms with E-state index in [4.69, 9.17) is 0 Å². The van der Waals surface area contributed by atoms with Gasteiger partial charge < -0.3 is 4.90 Å². The van der Waals surface area contributed by atoms with E-state index < -0.39 is 5.41 Å². The lowest BCUT2D eigenvalue weighted by Gasteiger charge is -2.35. The van der Waals surface area contributed by atoms with E-state index in [1.165, 1.54) is 96.8 Å². The maximum absolute atomic E-state index is 2.48. The number of nitrogens with zero attached hydrogens (tertiary/aromatic N) is 1. The lowest BCUT2D eigenvalue weighted by molar-refractivity contribution is 0.687. The quantitative estimate of drug-likeness (QED) is 0.157. The van der Waals surface area contributed by atoms with E-state index >= 15 is 0 Å². The maximum atomic E-state index is 2.48. The van der Waals surface area contributed by atoms with Crippen LogP contribution in [0.2, 0.25) is 0 Å². The van der Waals surface area contributed by atoms with Gasteiger partial charge >= 0.3 is 0 Å². The molecule has 0 fully saturated rings. The van der Waals surface area contributed by atoms with Crippen LogP contribution in [0, 0.1) is 0 Å². The second kappa shape index (κ2) is 14.2. The van der Waals surface area contributed by atoms with Gasteiger partial charge in [0.1, 0.15) is 0 Å². The van der Waals surface area contributed by atoms with Crippen LogP contribution in [-0.2, 0) is 18.3 Å². The van der Waals surface area contributed by atoms with Crippen molar-refractivity contribution in [2.75, 3.05) is 4.90 Å². The lowest BCUT2D eigenvalue weighted by Crippen LogP contribution is -2.28. The summed E-state index contributed by atoms with van der Waals surface area (Å²) in [5, 5.41) is 2.54. The summed E-state index contributed by atoms with van der Waals surface area (Å²) in [6.45, 7) is 0. The molecule has 0 atom stereocenters. The molecule has 0 radical (unpaired) electrons. The van der Waals surface area contributed by atoms with Crippen molar-refractivity contribution in [2.24, 2.45) is 0 Å². The molecule has 0 saturated heterocycles. The molecule has 9 aromatic carbocycles. The van der Waals surface area contributed by atoms with Gasteiger partial charge in [0.15, 0.2) is 0 Å². The highest BCUT2D eigenvalue weighted by atomic mass is 15.1. The molecule has 0 amide bonds. The van der Waals surface area contributed by atoms with Crippen molar-refractivity contribution in [3.05, 3.63) is 246 Å². The highest BCUT2D eigenvalue weighted by Crippen LogP contribution is 2.59. The van der Waals surface area contributed by atoms with Crippen molar-refractivity contribution in [3.8, 4) is 33.4 Å². The SMILES string of the molecule is c1ccc(-c2ccc(N(c3ccc(-c4cccc5c4CCCC5)cc3)c3ccc4c(c3)C(c3ccccc3)(c3ccccc3)c3ccc5ccccc5c3-4)cc2)cc1. The summed E-state index contributed by atoms with van der Waals surface area (Å²) in [5.41, 5.74) is 18.7. The Hall–Kier alpha value is -6.96. The summed E-state index contributed by atoms with van der Waals surface area (Å²) in [4.78, 5) is 2.45. The number of rotatable bonds is 7. The first-order chi connectivity index (χ1) is 28.8. The average molecular weight is 742 g/mol. The minimum atomic E-state index is -0.522. The van der Waals surface area contributed by atoms with Crippen LogP contribution in [0.5, 0.6) is 0 Å². The van der Waals surface area contributed by atoms with Crippen molar-refractivity contribution in [1.29, 1.82) is 0 Å². The number of hydrogen-bond acceptors (Lipinski definition) is 1. The molecule has 58 heavy (non-hydrogen) atoms. The molecule has 0 unspecified atom stereocenters. The molecule has 0 bridgehead atoms. The number of anilines is 3. The van der Waals surface area contributed by atoms with Gasteiger partial charge in [-0.25, -0.2) is 0 Å². The third kappa shape index (κ3) is 5.53. The monoisotopic (exact) mass is 741 g/mol. The topological polar surface area (TPSA) is 3.24 Å². The standard InChI is InChI=1S/C57H43N/c1-4-15-40(16-5-1)41-27-32-47(33-28-41)58(48-34-29-44(30-35-48)51-26-14-19-42-17-10-12-24-50(42)51)49-36-37-53-55(39-49)57(45-20-6-2-7-21-45,46-22-8-3-9-23-46)54-38-31-43-18-11-13-25-52(43)56(53)54/h1-9,11,13-16,18-23,25-39H,10,12,17,24H2. The van der Waals surface area contributed by atoms with E-state index in [-0.39, 0.29) is 0 Å². The highest BCUT2D eigenvalue weighted by molar-refractivity contribution is 6.04. The molecule has 0 heterocycles. The van der Waals surface area contributed by atoms with Crippen LogP contribution in [0.1, 0.15) is 46.2 Å². The first-order valence-corrected chi connectivity index (χ1v) is 20.7. The zero-order valence-corrected chi connectivity index (χ0v) is 32.5. The minimum absolute atomic E-state index is 0.522. The molecule has 1 heteroatoms. The van der Waals surface area contributed by atoms with Crippen LogP contribution in [0.15, 0.2) is 212 Å². The number of hydrogen-bond donors (Lipinski definition) is 0. The zero-order chi connectivity index (χ0) is 38.5. The largest absolute Gasteiger partial charge is 0.310 e. The van der Waals surface area contributed by atoms with Crippen LogP contribution >= 0.6 is 0 Å². The Labute approximate surface area is 341 Å². The second-order valence-electron chi connectivity index (χ2n) is 15.9. The lowest BCUT2D eigenvalue weighted by atomic mass is 9.67. The third-order valence-corrected chi connectivity index (χ3v) is 12.7. The van der Waals surface area contributed by atoms with Crippen LogP contribution < -0.4 is 4.90 Å². The number of fused-ring (bicyclic) bond motifs is 6. The Morgan fingerprint density at radius 2 is 0.966 bits per heavy atom. The van der Waals surface area contributed by atoms with Crippen molar-refractivity contribution in [3.63, 3.8) is 0 Å². The normalized spacial score (nSPS) is 13.7. The summed E-state index contributed by atoms with van der Waals surface area (Å²) in [6, 6.07) is 79.0. The molecule has 2 aliphatic rings. The van der Waals surface area contributed by atoms with E-state index in [9.17, 15) is 0 Å². The van der Waals surface area contributed by atoms with Gasteiger partial charge in [-0.05, 0) is 140 Å². The first-order valence-electron chi connectivity index (χ1n) is 20.7. The van der Waals surface area contributed by atoms with E-state index in [1.54, 1.807) is 0 Å². The number of benzene rings is 9.